The van der Waals surface area contributed by atoms with Gasteiger partial charge in [0.15, 0.2) is 5.82 Å². The number of rotatable bonds is 1. The van der Waals surface area contributed by atoms with Crippen LogP contribution in [0.15, 0.2) is 42.7 Å². The Morgan fingerprint density at radius 3 is 2.74 bits per heavy atom. The predicted molar refractivity (Wildman–Crippen MR) is 71.9 cm³/mol. The van der Waals surface area contributed by atoms with Gasteiger partial charge in [0.1, 0.15) is 17.5 Å². The largest absolute Gasteiger partial charge is 0.382 e. The molecule has 3 rings (SSSR count). The highest BCUT2D eigenvalue weighted by Crippen LogP contribution is 2.20. The van der Waals surface area contributed by atoms with Crippen LogP contribution < -0.4 is 5.73 Å². The normalized spacial score (nSPS) is 10.3. The molecule has 0 unspecified atom stereocenters. The number of fused-ring (bicyclic) bond motifs is 1. The zero-order valence-electron chi connectivity index (χ0n) is 9.91. The topological polar surface area (TPSA) is 88.5 Å². The number of pyridine rings is 1. The highest BCUT2D eigenvalue weighted by atomic mass is 14.9. The van der Waals surface area contributed by atoms with Gasteiger partial charge in [0.05, 0.1) is 11.7 Å². The van der Waals surface area contributed by atoms with E-state index < -0.39 is 0 Å². The molecule has 0 atom stereocenters. The average molecular weight is 247 g/mol. The van der Waals surface area contributed by atoms with E-state index in [1.807, 2.05) is 36.4 Å². The molecule has 0 aliphatic carbocycles. The smallest absolute Gasteiger partial charge is 0.163 e. The molecule has 5 nitrogen and oxygen atoms in total. The van der Waals surface area contributed by atoms with Crippen LogP contribution in [0.25, 0.3) is 22.3 Å². The molecular formula is C14H9N5. The van der Waals surface area contributed by atoms with Crippen molar-refractivity contribution >= 4 is 16.7 Å². The van der Waals surface area contributed by atoms with Gasteiger partial charge in [0.25, 0.3) is 0 Å². The van der Waals surface area contributed by atoms with Gasteiger partial charge in [-0.1, -0.05) is 18.2 Å². The summed E-state index contributed by atoms with van der Waals surface area (Å²) in [5.41, 5.74) is 7.65. The molecule has 2 N–H and O–H groups in total. The van der Waals surface area contributed by atoms with Gasteiger partial charge < -0.3 is 5.73 Å². The van der Waals surface area contributed by atoms with E-state index in [4.69, 9.17) is 11.0 Å². The van der Waals surface area contributed by atoms with E-state index in [0.29, 0.717) is 5.82 Å². The molecule has 0 amide bonds. The van der Waals surface area contributed by atoms with Crippen molar-refractivity contribution in [2.75, 3.05) is 5.73 Å². The Hall–Kier alpha value is -3.00. The minimum Gasteiger partial charge on any atom is -0.382 e. The van der Waals surface area contributed by atoms with Crippen LogP contribution >= 0.6 is 0 Å². The number of nitrogens with two attached hydrogens (primary N) is 1. The first-order chi connectivity index (χ1) is 9.28. The first-order valence-corrected chi connectivity index (χ1v) is 5.66. The van der Waals surface area contributed by atoms with E-state index in [0.717, 1.165) is 16.5 Å². The number of nitrogens with zero attached hydrogens (tertiary/aromatic N) is 4. The average Bonchev–Trinajstić information content (AvgIpc) is 2.46. The molecule has 3 aromatic rings. The van der Waals surface area contributed by atoms with E-state index in [-0.39, 0.29) is 11.4 Å². The molecule has 0 radical (unpaired) electrons. The van der Waals surface area contributed by atoms with E-state index in [1.165, 1.54) is 6.20 Å². The van der Waals surface area contributed by atoms with Crippen molar-refractivity contribution in [3.05, 3.63) is 48.3 Å². The fraction of sp³-hybridized carbons (Fsp3) is 0. The zero-order chi connectivity index (χ0) is 13.2. The summed E-state index contributed by atoms with van der Waals surface area (Å²) in [6.07, 6.45) is 3.12. The van der Waals surface area contributed by atoms with Gasteiger partial charge in [-0.15, -0.1) is 0 Å². The maximum absolute atomic E-state index is 8.80. The predicted octanol–water partition coefficient (Wildman–Crippen LogP) is 2.15. The fourth-order valence-electron chi connectivity index (χ4n) is 1.81. The van der Waals surface area contributed by atoms with Crippen molar-refractivity contribution in [1.82, 2.24) is 15.0 Å². The van der Waals surface area contributed by atoms with Crippen molar-refractivity contribution in [1.29, 1.82) is 5.26 Å². The molecule has 0 spiro atoms. The van der Waals surface area contributed by atoms with Crippen LogP contribution in [0.2, 0.25) is 0 Å². The Kier molecular flexibility index (Phi) is 2.54. The molecule has 1 aromatic carbocycles. The maximum Gasteiger partial charge on any atom is 0.163 e. The molecule has 0 aliphatic rings. The number of para-hydroxylation sites is 1. The van der Waals surface area contributed by atoms with Crippen LogP contribution in [0.4, 0.5) is 5.82 Å². The first-order valence-electron chi connectivity index (χ1n) is 5.66. The molecule has 2 aromatic heterocycles. The summed E-state index contributed by atoms with van der Waals surface area (Å²) in [7, 11) is 0. The van der Waals surface area contributed by atoms with Gasteiger partial charge in [0.2, 0.25) is 0 Å². The maximum atomic E-state index is 8.80. The Balaban J connectivity index is 2.14. The Labute approximate surface area is 109 Å². The molecule has 0 saturated heterocycles. The van der Waals surface area contributed by atoms with Crippen molar-refractivity contribution in [3.63, 3.8) is 0 Å². The molecule has 90 valence electrons. The first kappa shape index (κ1) is 11.1. The third kappa shape index (κ3) is 1.96. The number of nitrogen functional groups attached to an aromatic ring is 1. The molecule has 5 heteroatoms. The summed E-state index contributed by atoms with van der Waals surface area (Å²) < 4.78 is 0. The Morgan fingerprint density at radius 1 is 1.11 bits per heavy atom. The van der Waals surface area contributed by atoms with Gasteiger partial charge >= 0.3 is 0 Å². The molecular weight excluding hydrogens is 238 g/mol. The van der Waals surface area contributed by atoms with E-state index in [1.54, 1.807) is 6.20 Å². The van der Waals surface area contributed by atoms with Crippen LogP contribution in [0.5, 0.6) is 0 Å². The molecule has 0 aliphatic heterocycles. The second-order valence-electron chi connectivity index (χ2n) is 4.02. The lowest BCUT2D eigenvalue weighted by atomic mass is 10.1. The number of aromatic nitrogens is 3. The minimum absolute atomic E-state index is 0.181. The van der Waals surface area contributed by atoms with Gasteiger partial charge in [-0.2, -0.15) is 5.26 Å². The van der Waals surface area contributed by atoms with E-state index in [9.17, 15) is 0 Å². The minimum atomic E-state index is 0.181. The SMILES string of the molecule is N#Cc1cnc(-c2cnc3ccccc3c2)nc1N. The highest BCUT2D eigenvalue weighted by Gasteiger charge is 2.07. The second-order valence-corrected chi connectivity index (χ2v) is 4.02. The molecule has 0 bridgehead atoms. The van der Waals surface area contributed by atoms with Crippen LogP contribution in [-0.2, 0) is 0 Å². The van der Waals surface area contributed by atoms with E-state index in [2.05, 4.69) is 15.0 Å². The van der Waals surface area contributed by atoms with Gasteiger partial charge in [0, 0.05) is 17.1 Å². The summed E-state index contributed by atoms with van der Waals surface area (Å²) in [6, 6.07) is 11.7. The third-order valence-corrected chi connectivity index (χ3v) is 2.79. The summed E-state index contributed by atoms with van der Waals surface area (Å²) in [5.74, 6) is 0.649. The summed E-state index contributed by atoms with van der Waals surface area (Å²) in [4.78, 5) is 12.6. The van der Waals surface area contributed by atoms with E-state index >= 15 is 0 Å². The van der Waals surface area contributed by atoms with Crippen LogP contribution in [0.3, 0.4) is 0 Å². The lowest BCUT2D eigenvalue weighted by molar-refractivity contribution is 1.16. The standard InChI is InChI=1S/C14H9N5/c15-6-11-8-18-14(19-13(11)16)10-5-9-3-1-2-4-12(9)17-7-10/h1-5,7-8H,(H2,16,18,19). The summed E-state index contributed by atoms with van der Waals surface area (Å²) in [5, 5.41) is 9.80. The zero-order valence-corrected chi connectivity index (χ0v) is 9.91. The highest BCUT2D eigenvalue weighted by molar-refractivity contribution is 5.82. The van der Waals surface area contributed by atoms with Gasteiger partial charge in [-0.05, 0) is 12.1 Å². The fourth-order valence-corrected chi connectivity index (χ4v) is 1.81. The molecule has 2 heterocycles. The monoisotopic (exact) mass is 247 g/mol. The molecule has 0 fully saturated rings. The number of anilines is 1. The Morgan fingerprint density at radius 2 is 1.95 bits per heavy atom. The number of hydrogen-bond acceptors (Lipinski definition) is 5. The van der Waals surface area contributed by atoms with Crippen LogP contribution in [0, 0.1) is 11.3 Å². The number of benzene rings is 1. The van der Waals surface area contributed by atoms with Crippen molar-refractivity contribution in [2.24, 2.45) is 0 Å². The molecule has 19 heavy (non-hydrogen) atoms. The summed E-state index contributed by atoms with van der Waals surface area (Å²) >= 11 is 0. The van der Waals surface area contributed by atoms with Crippen LogP contribution in [0.1, 0.15) is 5.56 Å². The lowest BCUT2D eigenvalue weighted by Gasteiger charge is -2.03. The number of nitriles is 1. The van der Waals surface area contributed by atoms with Gasteiger partial charge in [-0.25, -0.2) is 9.97 Å². The third-order valence-electron chi connectivity index (χ3n) is 2.79. The van der Waals surface area contributed by atoms with Crippen molar-refractivity contribution < 1.29 is 0 Å². The van der Waals surface area contributed by atoms with Crippen molar-refractivity contribution in [3.8, 4) is 17.5 Å². The van der Waals surface area contributed by atoms with Crippen LogP contribution in [-0.4, -0.2) is 15.0 Å². The Bertz CT molecular complexity index is 804. The molecule has 0 saturated carbocycles. The second kappa shape index (κ2) is 4.35. The summed E-state index contributed by atoms with van der Waals surface area (Å²) in [6.45, 7) is 0. The quantitative estimate of drug-likeness (QED) is 0.711. The lowest BCUT2D eigenvalue weighted by Crippen LogP contribution is -1.99. The van der Waals surface area contributed by atoms with Gasteiger partial charge in [-0.3, -0.25) is 4.98 Å². The number of hydrogen-bond donors (Lipinski definition) is 1. The van der Waals surface area contributed by atoms with Crippen molar-refractivity contribution in [2.45, 2.75) is 0 Å².